The van der Waals surface area contributed by atoms with Gasteiger partial charge in [-0.1, -0.05) is 0 Å². The number of isocyanates is 1. The number of hydrogen-bond donors (Lipinski definition) is 1. The zero-order chi connectivity index (χ0) is 10.6. The summed E-state index contributed by atoms with van der Waals surface area (Å²) in [6, 6.07) is 3.11. The monoisotopic (exact) mass is 257 g/mol. The molecule has 0 saturated carbocycles. The standard InChI is InChI=1S/C9H8BrNO3/c1-14-9-3-8(13)6(2-7(9)10)4-11-5-12/h2-3,13H,4H2,1H3. The van der Waals surface area contributed by atoms with E-state index in [0.717, 1.165) is 0 Å². The van der Waals surface area contributed by atoms with Gasteiger partial charge in [0.05, 0.1) is 18.1 Å². The molecule has 1 aromatic carbocycles. The highest BCUT2D eigenvalue weighted by molar-refractivity contribution is 9.10. The van der Waals surface area contributed by atoms with E-state index in [9.17, 15) is 9.90 Å². The summed E-state index contributed by atoms with van der Waals surface area (Å²) in [5, 5.41) is 9.48. The van der Waals surface area contributed by atoms with Gasteiger partial charge in [0, 0.05) is 11.6 Å². The number of hydrogen-bond acceptors (Lipinski definition) is 4. The summed E-state index contributed by atoms with van der Waals surface area (Å²) in [6.07, 6.45) is 1.41. The van der Waals surface area contributed by atoms with Crippen LogP contribution in [0.3, 0.4) is 0 Å². The fourth-order valence-corrected chi connectivity index (χ4v) is 1.54. The zero-order valence-electron chi connectivity index (χ0n) is 7.45. The van der Waals surface area contributed by atoms with Crippen molar-refractivity contribution in [3.63, 3.8) is 0 Å². The maximum Gasteiger partial charge on any atom is 0.235 e. The van der Waals surface area contributed by atoms with Crippen LogP contribution >= 0.6 is 15.9 Å². The SMILES string of the molecule is COc1cc(O)c(CN=C=O)cc1Br. The molecule has 0 aliphatic rings. The van der Waals surface area contributed by atoms with Crippen molar-refractivity contribution in [2.24, 2.45) is 4.99 Å². The van der Waals surface area contributed by atoms with E-state index in [1.165, 1.54) is 19.3 Å². The fraction of sp³-hybridized carbons (Fsp3) is 0.222. The zero-order valence-corrected chi connectivity index (χ0v) is 9.04. The lowest BCUT2D eigenvalue weighted by atomic mass is 10.2. The predicted octanol–water partition coefficient (Wildman–Crippen LogP) is 2.00. The summed E-state index contributed by atoms with van der Waals surface area (Å²) in [5.41, 5.74) is 0.543. The predicted molar refractivity (Wildman–Crippen MR) is 54.2 cm³/mol. The molecule has 0 fully saturated rings. The van der Waals surface area contributed by atoms with Gasteiger partial charge in [-0.3, -0.25) is 0 Å². The normalized spacial score (nSPS) is 9.29. The van der Waals surface area contributed by atoms with Crippen molar-refractivity contribution < 1.29 is 14.6 Å². The molecule has 0 amide bonds. The summed E-state index contributed by atoms with van der Waals surface area (Å²) in [7, 11) is 1.50. The molecule has 0 heterocycles. The Balaban J connectivity index is 3.08. The van der Waals surface area contributed by atoms with Crippen molar-refractivity contribution in [2.75, 3.05) is 7.11 Å². The molecule has 5 heteroatoms. The third kappa shape index (κ3) is 2.34. The largest absolute Gasteiger partial charge is 0.507 e. The third-order valence-electron chi connectivity index (χ3n) is 1.67. The maximum absolute atomic E-state index is 9.89. The number of methoxy groups -OCH3 is 1. The van der Waals surface area contributed by atoms with E-state index in [1.54, 1.807) is 6.07 Å². The van der Waals surface area contributed by atoms with Gasteiger partial charge in [-0.2, -0.15) is 0 Å². The van der Waals surface area contributed by atoms with Crippen LogP contribution in [0.15, 0.2) is 21.6 Å². The number of aromatic hydroxyl groups is 1. The number of phenolic OH excluding ortho intramolecular Hbond substituents is 1. The van der Waals surface area contributed by atoms with E-state index in [-0.39, 0.29) is 12.3 Å². The fourth-order valence-electron chi connectivity index (χ4n) is 0.984. The lowest BCUT2D eigenvalue weighted by Gasteiger charge is -2.06. The van der Waals surface area contributed by atoms with E-state index in [1.807, 2.05) is 0 Å². The van der Waals surface area contributed by atoms with Crippen LogP contribution in [-0.4, -0.2) is 18.3 Å². The van der Waals surface area contributed by atoms with Crippen LogP contribution in [0.2, 0.25) is 0 Å². The first kappa shape index (κ1) is 10.8. The number of phenols is 1. The second-order valence-corrected chi connectivity index (χ2v) is 3.38. The average Bonchev–Trinajstić information content (AvgIpc) is 2.18. The summed E-state index contributed by atoms with van der Waals surface area (Å²) in [4.78, 5) is 13.3. The molecule has 0 spiro atoms. The van der Waals surface area contributed by atoms with Crippen molar-refractivity contribution in [1.82, 2.24) is 0 Å². The topological polar surface area (TPSA) is 58.9 Å². The van der Waals surface area contributed by atoms with Crippen molar-refractivity contribution in [3.8, 4) is 11.5 Å². The quantitative estimate of drug-likeness (QED) is 0.666. The van der Waals surface area contributed by atoms with Crippen LogP contribution < -0.4 is 4.74 Å². The Hall–Kier alpha value is -1.32. The van der Waals surface area contributed by atoms with Crippen molar-refractivity contribution in [2.45, 2.75) is 6.54 Å². The number of ether oxygens (including phenoxy) is 1. The molecule has 1 rings (SSSR count). The van der Waals surface area contributed by atoms with Crippen molar-refractivity contribution >= 4 is 22.0 Å². The first-order valence-electron chi connectivity index (χ1n) is 3.78. The van der Waals surface area contributed by atoms with Gasteiger partial charge >= 0.3 is 0 Å². The molecular weight excluding hydrogens is 250 g/mol. The van der Waals surface area contributed by atoms with Crippen molar-refractivity contribution in [3.05, 3.63) is 22.2 Å². The van der Waals surface area contributed by atoms with Crippen LogP contribution in [0.1, 0.15) is 5.56 Å². The summed E-state index contributed by atoms with van der Waals surface area (Å²) >= 11 is 3.26. The molecule has 0 aromatic heterocycles. The molecule has 0 saturated heterocycles. The van der Waals surface area contributed by atoms with Gasteiger partial charge in [0.2, 0.25) is 6.08 Å². The number of carbonyl (C=O) groups excluding carboxylic acids is 1. The summed E-state index contributed by atoms with van der Waals surface area (Å²) in [5.74, 6) is 0.574. The minimum Gasteiger partial charge on any atom is -0.507 e. The first-order valence-corrected chi connectivity index (χ1v) is 4.57. The second kappa shape index (κ2) is 4.79. The Morgan fingerprint density at radius 2 is 2.36 bits per heavy atom. The van der Waals surface area contributed by atoms with Crippen molar-refractivity contribution in [1.29, 1.82) is 0 Å². The molecule has 74 valence electrons. The van der Waals surface area contributed by atoms with Crippen LogP contribution in [0.4, 0.5) is 0 Å². The van der Waals surface area contributed by atoms with Gasteiger partial charge < -0.3 is 9.84 Å². The van der Waals surface area contributed by atoms with Gasteiger partial charge in [-0.15, -0.1) is 0 Å². The number of nitrogens with zero attached hydrogens (tertiary/aromatic N) is 1. The Bertz CT molecular complexity index is 386. The van der Waals surface area contributed by atoms with E-state index in [2.05, 4.69) is 20.9 Å². The molecule has 1 aromatic rings. The highest BCUT2D eigenvalue weighted by Gasteiger charge is 2.07. The highest BCUT2D eigenvalue weighted by atomic mass is 79.9. The first-order chi connectivity index (χ1) is 6.69. The maximum atomic E-state index is 9.89. The Morgan fingerprint density at radius 1 is 1.64 bits per heavy atom. The summed E-state index contributed by atoms with van der Waals surface area (Å²) < 4.78 is 5.67. The van der Waals surface area contributed by atoms with Crippen LogP contribution in [0.5, 0.6) is 11.5 Å². The van der Waals surface area contributed by atoms with E-state index >= 15 is 0 Å². The van der Waals surface area contributed by atoms with Crippen LogP contribution in [-0.2, 0) is 11.3 Å². The van der Waals surface area contributed by atoms with E-state index in [0.29, 0.717) is 15.8 Å². The van der Waals surface area contributed by atoms with Gasteiger partial charge in [0.1, 0.15) is 11.5 Å². The molecule has 4 nitrogen and oxygen atoms in total. The lowest BCUT2D eigenvalue weighted by molar-refractivity contribution is 0.404. The number of halogens is 1. The Morgan fingerprint density at radius 3 is 2.93 bits per heavy atom. The molecule has 0 aliphatic carbocycles. The number of benzene rings is 1. The van der Waals surface area contributed by atoms with Crippen LogP contribution in [0, 0.1) is 0 Å². The lowest BCUT2D eigenvalue weighted by Crippen LogP contribution is -1.88. The van der Waals surface area contributed by atoms with Gasteiger partial charge in [0.25, 0.3) is 0 Å². The molecular formula is C9H8BrNO3. The molecule has 1 N–H and O–H groups in total. The molecule has 14 heavy (non-hydrogen) atoms. The Labute approximate surface area is 89.4 Å². The minimum atomic E-state index is 0.0454. The van der Waals surface area contributed by atoms with Gasteiger partial charge in [0.15, 0.2) is 0 Å². The third-order valence-corrected chi connectivity index (χ3v) is 2.29. The van der Waals surface area contributed by atoms with E-state index in [4.69, 9.17) is 4.74 Å². The molecule has 0 atom stereocenters. The number of rotatable bonds is 3. The number of aliphatic imine (C=N–C) groups is 1. The minimum absolute atomic E-state index is 0.0454. The average molecular weight is 258 g/mol. The van der Waals surface area contributed by atoms with Crippen LogP contribution in [0.25, 0.3) is 0 Å². The molecule has 0 bridgehead atoms. The van der Waals surface area contributed by atoms with Gasteiger partial charge in [-0.25, -0.2) is 9.79 Å². The Kier molecular flexibility index (Phi) is 3.68. The summed E-state index contributed by atoms with van der Waals surface area (Å²) in [6.45, 7) is 0.109. The highest BCUT2D eigenvalue weighted by Crippen LogP contribution is 2.32. The second-order valence-electron chi connectivity index (χ2n) is 2.52. The molecule has 0 radical (unpaired) electrons. The smallest absolute Gasteiger partial charge is 0.235 e. The van der Waals surface area contributed by atoms with E-state index < -0.39 is 0 Å². The van der Waals surface area contributed by atoms with Gasteiger partial charge in [-0.05, 0) is 22.0 Å². The molecule has 0 unspecified atom stereocenters. The molecule has 0 aliphatic heterocycles.